The topological polar surface area (TPSA) is 59.2 Å². The molecule has 0 aliphatic carbocycles. The van der Waals surface area contributed by atoms with Gasteiger partial charge >= 0.3 is 0 Å². The molecule has 0 spiro atoms. The lowest BCUT2D eigenvalue weighted by Gasteiger charge is -2.21. The van der Waals surface area contributed by atoms with Crippen LogP contribution in [0.1, 0.15) is 44.5 Å². The third-order valence-corrected chi connectivity index (χ3v) is 3.54. The number of aryl methyl sites for hydroxylation is 1. The Morgan fingerprint density at radius 3 is 2.75 bits per heavy atom. The fraction of sp³-hybridized carbons (Fsp3) is 0.625. The van der Waals surface area contributed by atoms with Gasteiger partial charge in [0.05, 0.1) is 12.2 Å². The van der Waals surface area contributed by atoms with Crippen LogP contribution in [-0.2, 0) is 11.3 Å². The number of amides is 1. The Bertz CT molecular complexity index is 420. The van der Waals surface area contributed by atoms with E-state index in [1.807, 2.05) is 36.9 Å². The molecule has 0 aromatic carbocycles. The zero-order valence-electron chi connectivity index (χ0n) is 12.9. The molecule has 0 aliphatic rings. The maximum absolute atomic E-state index is 12.2. The van der Waals surface area contributed by atoms with E-state index in [0.29, 0.717) is 25.4 Å². The maximum Gasteiger partial charge on any atom is 0.222 e. The molecule has 20 heavy (non-hydrogen) atoms. The van der Waals surface area contributed by atoms with Crippen LogP contribution in [0.4, 0.5) is 0 Å². The molecule has 4 heteroatoms. The fourth-order valence-corrected chi connectivity index (χ4v) is 2.22. The highest BCUT2D eigenvalue weighted by Crippen LogP contribution is 2.12. The summed E-state index contributed by atoms with van der Waals surface area (Å²) < 4.78 is 0. The first-order valence-corrected chi connectivity index (χ1v) is 7.47. The van der Waals surface area contributed by atoms with Gasteiger partial charge in [-0.1, -0.05) is 13.0 Å². The SMILES string of the molecule is CCN(Cc1cccc(C)n1)C(=O)CCC(C)CCN. The van der Waals surface area contributed by atoms with Gasteiger partial charge in [0.2, 0.25) is 5.91 Å². The largest absolute Gasteiger partial charge is 0.337 e. The molecule has 1 aromatic rings. The van der Waals surface area contributed by atoms with Crippen molar-refractivity contribution in [2.75, 3.05) is 13.1 Å². The Balaban J connectivity index is 2.51. The standard InChI is InChI=1S/C16H27N3O/c1-4-19(12-15-7-5-6-14(3)18-15)16(20)9-8-13(2)10-11-17/h5-7,13H,4,8-12,17H2,1-3H3. The minimum atomic E-state index is 0.208. The number of nitrogens with two attached hydrogens (primary N) is 1. The second-order valence-corrected chi connectivity index (χ2v) is 5.40. The number of carbonyl (C=O) groups excluding carboxylic acids is 1. The van der Waals surface area contributed by atoms with Crippen molar-refractivity contribution in [3.05, 3.63) is 29.6 Å². The highest BCUT2D eigenvalue weighted by molar-refractivity contribution is 5.76. The predicted molar refractivity (Wildman–Crippen MR) is 82.1 cm³/mol. The molecule has 2 N–H and O–H groups in total. The molecule has 1 rings (SSSR count). The molecule has 112 valence electrons. The van der Waals surface area contributed by atoms with E-state index in [4.69, 9.17) is 5.73 Å². The Hall–Kier alpha value is -1.42. The quantitative estimate of drug-likeness (QED) is 0.794. The molecule has 1 aromatic heterocycles. The lowest BCUT2D eigenvalue weighted by Crippen LogP contribution is -2.30. The number of nitrogens with zero attached hydrogens (tertiary/aromatic N) is 2. The van der Waals surface area contributed by atoms with Crippen molar-refractivity contribution in [3.8, 4) is 0 Å². The summed E-state index contributed by atoms with van der Waals surface area (Å²) in [7, 11) is 0. The van der Waals surface area contributed by atoms with Gasteiger partial charge in [0, 0.05) is 18.7 Å². The highest BCUT2D eigenvalue weighted by Gasteiger charge is 2.14. The molecular formula is C16H27N3O. The van der Waals surface area contributed by atoms with E-state index < -0.39 is 0 Å². The molecule has 1 heterocycles. The summed E-state index contributed by atoms with van der Waals surface area (Å²) in [6.07, 6.45) is 2.49. The van der Waals surface area contributed by atoms with Gasteiger partial charge in [0.15, 0.2) is 0 Å². The molecule has 0 saturated carbocycles. The molecule has 1 amide bonds. The Morgan fingerprint density at radius 2 is 2.15 bits per heavy atom. The van der Waals surface area contributed by atoms with Crippen LogP contribution in [0.5, 0.6) is 0 Å². The molecular weight excluding hydrogens is 250 g/mol. The van der Waals surface area contributed by atoms with Crippen molar-refractivity contribution < 1.29 is 4.79 Å². The van der Waals surface area contributed by atoms with E-state index in [-0.39, 0.29) is 5.91 Å². The summed E-state index contributed by atoms with van der Waals surface area (Å²) in [5, 5.41) is 0. The lowest BCUT2D eigenvalue weighted by atomic mass is 10.0. The van der Waals surface area contributed by atoms with Crippen molar-refractivity contribution in [3.63, 3.8) is 0 Å². The number of pyridine rings is 1. The summed E-state index contributed by atoms with van der Waals surface area (Å²) in [5.74, 6) is 0.722. The van der Waals surface area contributed by atoms with Crippen LogP contribution < -0.4 is 5.73 Å². The first-order valence-electron chi connectivity index (χ1n) is 7.47. The number of carbonyl (C=O) groups is 1. The molecule has 4 nitrogen and oxygen atoms in total. The van der Waals surface area contributed by atoms with Crippen molar-refractivity contribution in [1.82, 2.24) is 9.88 Å². The minimum absolute atomic E-state index is 0.208. The first-order chi connectivity index (χ1) is 9.56. The predicted octanol–water partition coefficient (Wildman–Crippen LogP) is 2.50. The second kappa shape index (κ2) is 8.69. The first kappa shape index (κ1) is 16.6. The van der Waals surface area contributed by atoms with Crippen molar-refractivity contribution >= 4 is 5.91 Å². The van der Waals surface area contributed by atoms with Crippen LogP contribution >= 0.6 is 0 Å². The van der Waals surface area contributed by atoms with Gasteiger partial charge in [-0.05, 0) is 51.3 Å². The smallest absolute Gasteiger partial charge is 0.222 e. The number of aromatic nitrogens is 1. The third kappa shape index (κ3) is 5.70. The van der Waals surface area contributed by atoms with E-state index >= 15 is 0 Å². The molecule has 0 aliphatic heterocycles. The molecule has 0 fully saturated rings. The van der Waals surface area contributed by atoms with Gasteiger partial charge < -0.3 is 10.6 Å². The van der Waals surface area contributed by atoms with Crippen molar-refractivity contribution in [2.45, 2.75) is 46.6 Å². The lowest BCUT2D eigenvalue weighted by molar-refractivity contribution is -0.132. The normalized spacial score (nSPS) is 12.2. The van der Waals surface area contributed by atoms with E-state index in [1.165, 1.54) is 0 Å². The molecule has 0 saturated heterocycles. The van der Waals surface area contributed by atoms with Crippen LogP contribution in [0, 0.1) is 12.8 Å². The average Bonchev–Trinajstić information content (AvgIpc) is 2.42. The number of hydrogen-bond donors (Lipinski definition) is 1. The third-order valence-electron chi connectivity index (χ3n) is 3.54. The van der Waals surface area contributed by atoms with E-state index in [1.54, 1.807) is 0 Å². The van der Waals surface area contributed by atoms with Gasteiger partial charge in [-0.25, -0.2) is 0 Å². The van der Waals surface area contributed by atoms with Gasteiger partial charge in [-0.2, -0.15) is 0 Å². The summed E-state index contributed by atoms with van der Waals surface area (Å²) in [5.41, 5.74) is 7.48. The Kier molecular flexibility index (Phi) is 7.23. The van der Waals surface area contributed by atoms with Gasteiger partial charge in [-0.3, -0.25) is 9.78 Å². The number of rotatable bonds is 8. The van der Waals surface area contributed by atoms with Crippen LogP contribution in [0.3, 0.4) is 0 Å². The summed E-state index contributed by atoms with van der Waals surface area (Å²) in [6, 6.07) is 5.93. The zero-order chi connectivity index (χ0) is 15.0. The van der Waals surface area contributed by atoms with Crippen LogP contribution in [0.15, 0.2) is 18.2 Å². The molecule has 1 atom stereocenters. The number of hydrogen-bond acceptors (Lipinski definition) is 3. The Morgan fingerprint density at radius 1 is 1.40 bits per heavy atom. The fourth-order valence-electron chi connectivity index (χ4n) is 2.22. The second-order valence-electron chi connectivity index (χ2n) is 5.40. The van der Waals surface area contributed by atoms with Crippen LogP contribution in [0.25, 0.3) is 0 Å². The van der Waals surface area contributed by atoms with E-state index in [0.717, 1.165) is 30.8 Å². The zero-order valence-corrected chi connectivity index (χ0v) is 12.9. The Labute approximate surface area is 122 Å². The average molecular weight is 277 g/mol. The van der Waals surface area contributed by atoms with E-state index in [9.17, 15) is 4.79 Å². The van der Waals surface area contributed by atoms with Crippen molar-refractivity contribution in [2.24, 2.45) is 11.7 Å². The van der Waals surface area contributed by atoms with Crippen LogP contribution in [0.2, 0.25) is 0 Å². The minimum Gasteiger partial charge on any atom is -0.337 e. The molecule has 1 unspecified atom stereocenters. The summed E-state index contributed by atoms with van der Waals surface area (Å²) >= 11 is 0. The van der Waals surface area contributed by atoms with Crippen LogP contribution in [-0.4, -0.2) is 28.9 Å². The van der Waals surface area contributed by atoms with Gasteiger partial charge in [0.25, 0.3) is 0 Å². The monoisotopic (exact) mass is 277 g/mol. The van der Waals surface area contributed by atoms with Gasteiger partial charge in [0.1, 0.15) is 0 Å². The van der Waals surface area contributed by atoms with Gasteiger partial charge in [-0.15, -0.1) is 0 Å². The van der Waals surface area contributed by atoms with Crippen molar-refractivity contribution in [1.29, 1.82) is 0 Å². The summed E-state index contributed by atoms with van der Waals surface area (Å²) in [6.45, 7) is 8.15. The molecule has 0 radical (unpaired) electrons. The highest BCUT2D eigenvalue weighted by atomic mass is 16.2. The summed E-state index contributed by atoms with van der Waals surface area (Å²) in [4.78, 5) is 18.6. The maximum atomic E-state index is 12.2. The van der Waals surface area contributed by atoms with E-state index in [2.05, 4.69) is 11.9 Å². The molecule has 0 bridgehead atoms.